The first-order valence-corrected chi connectivity index (χ1v) is 8.40. The minimum Gasteiger partial charge on any atom is -0.493 e. The minimum absolute atomic E-state index is 0.365. The van der Waals surface area contributed by atoms with Crippen molar-refractivity contribution in [3.05, 3.63) is 23.8 Å². The van der Waals surface area contributed by atoms with E-state index in [4.69, 9.17) is 9.47 Å². The summed E-state index contributed by atoms with van der Waals surface area (Å²) in [5.74, 6) is 1.91. The molecule has 0 amide bonds. The average molecular weight is 291 g/mol. The molecule has 0 heterocycles. The number of ether oxygens (including phenoxy) is 2. The van der Waals surface area contributed by atoms with Crippen molar-refractivity contribution in [1.29, 1.82) is 0 Å². The summed E-state index contributed by atoms with van der Waals surface area (Å²) in [6.45, 7) is 3.71. The van der Waals surface area contributed by atoms with Gasteiger partial charge in [0.2, 0.25) is 0 Å². The quantitative estimate of drug-likeness (QED) is 0.760. The van der Waals surface area contributed by atoms with Gasteiger partial charge in [-0.15, -0.1) is 0 Å². The molecule has 1 aromatic rings. The SMILES string of the molecule is CCCOc1ccc(CNC)c(OC2CCCCCC2)c1. The first-order valence-electron chi connectivity index (χ1n) is 8.40. The maximum Gasteiger partial charge on any atom is 0.127 e. The highest BCUT2D eigenvalue weighted by Gasteiger charge is 2.16. The molecule has 1 saturated carbocycles. The van der Waals surface area contributed by atoms with Gasteiger partial charge in [0, 0.05) is 18.2 Å². The second-order valence-electron chi connectivity index (χ2n) is 5.88. The van der Waals surface area contributed by atoms with Gasteiger partial charge >= 0.3 is 0 Å². The Morgan fingerprint density at radius 2 is 1.90 bits per heavy atom. The lowest BCUT2D eigenvalue weighted by Crippen LogP contribution is -2.17. The number of nitrogens with one attached hydrogen (secondary N) is 1. The van der Waals surface area contributed by atoms with Crippen LogP contribution >= 0.6 is 0 Å². The standard InChI is InChI=1S/C18H29NO2/c1-3-12-20-17-11-10-15(14-19-2)18(13-17)21-16-8-6-4-5-7-9-16/h10-11,13,16,19H,3-9,12,14H2,1-2H3. The van der Waals surface area contributed by atoms with Gasteiger partial charge in [0.1, 0.15) is 11.5 Å². The smallest absolute Gasteiger partial charge is 0.127 e. The van der Waals surface area contributed by atoms with Crippen LogP contribution in [0.3, 0.4) is 0 Å². The molecule has 0 aromatic heterocycles. The van der Waals surface area contributed by atoms with Crippen LogP contribution in [0.4, 0.5) is 0 Å². The Bertz CT molecular complexity index is 412. The highest BCUT2D eigenvalue weighted by Crippen LogP contribution is 2.29. The summed E-state index contributed by atoms with van der Waals surface area (Å²) in [5, 5.41) is 3.22. The minimum atomic E-state index is 0.365. The van der Waals surface area contributed by atoms with E-state index in [1.807, 2.05) is 13.1 Å². The van der Waals surface area contributed by atoms with Gasteiger partial charge < -0.3 is 14.8 Å². The molecule has 118 valence electrons. The first-order chi connectivity index (χ1) is 10.3. The molecule has 0 radical (unpaired) electrons. The maximum atomic E-state index is 6.32. The van der Waals surface area contributed by atoms with E-state index in [0.717, 1.165) is 31.1 Å². The third-order valence-electron chi connectivity index (χ3n) is 3.97. The van der Waals surface area contributed by atoms with Crippen LogP contribution in [-0.4, -0.2) is 19.8 Å². The molecule has 0 spiro atoms. The van der Waals surface area contributed by atoms with Crippen LogP contribution in [0.1, 0.15) is 57.4 Å². The third kappa shape index (κ3) is 5.24. The van der Waals surface area contributed by atoms with E-state index >= 15 is 0 Å². The molecule has 1 N–H and O–H groups in total. The molecule has 1 fully saturated rings. The highest BCUT2D eigenvalue weighted by molar-refractivity contribution is 5.41. The van der Waals surface area contributed by atoms with Gasteiger partial charge in [-0.1, -0.05) is 25.8 Å². The fourth-order valence-corrected chi connectivity index (χ4v) is 2.83. The van der Waals surface area contributed by atoms with Crippen molar-refractivity contribution in [2.24, 2.45) is 0 Å². The molecule has 0 atom stereocenters. The molecule has 0 bridgehead atoms. The molecule has 0 unspecified atom stereocenters. The predicted octanol–water partition coefficient (Wildman–Crippen LogP) is 4.30. The van der Waals surface area contributed by atoms with E-state index in [1.165, 1.54) is 44.1 Å². The van der Waals surface area contributed by atoms with Crippen LogP contribution in [0.5, 0.6) is 11.5 Å². The van der Waals surface area contributed by atoms with Gasteiger partial charge in [0.05, 0.1) is 12.7 Å². The molecular weight excluding hydrogens is 262 g/mol. The van der Waals surface area contributed by atoms with E-state index < -0.39 is 0 Å². The molecule has 0 aliphatic heterocycles. The molecule has 1 aliphatic carbocycles. The van der Waals surface area contributed by atoms with Crippen molar-refractivity contribution >= 4 is 0 Å². The molecule has 21 heavy (non-hydrogen) atoms. The number of hydrogen-bond acceptors (Lipinski definition) is 3. The van der Waals surface area contributed by atoms with Crippen LogP contribution in [-0.2, 0) is 6.54 Å². The molecule has 0 saturated heterocycles. The summed E-state index contributed by atoms with van der Waals surface area (Å²) in [6, 6.07) is 6.23. The second-order valence-corrected chi connectivity index (χ2v) is 5.88. The Hall–Kier alpha value is -1.22. The van der Waals surface area contributed by atoms with E-state index in [1.54, 1.807) is 0 Å². The van der Waals surface area contributed by atoms with Crippen LogP contribution in [0, 0.1) is 0 Å². The Morgan fingerprint density at radius 3 is 2.57 bits per heavy atom. The first kappa shape index (κ1) is 16.2. The van der Waals surface area contributed by atoms with E-state index in [2.05, 4.69) is 24.4 Å². The van der Waals surface area contributed by atoms with E-state index in [0.29, 0.717) is 6.10 Å². The molecule has 2 rings (SSSR count). The van der Waals surface area contributed by atoms with Gasteiger partial charge in [-0.05, 0) is 45.2 Å². The fraction of sp³-hybridized carbons (Fsp3) is 0.667. The summed E-state index contributed by atoms with van der Waals surface area (Å²) >= 11 is 0. The molecule has 3 nitrogen and oxygen atoms in total. The lowest BCUT2D eigenvalue weighted by Gasteiger charge is -2.20. The molecule has 1 aromatic carbocycles. The normalized spacial score (nSPS) is 16.5. The summed E-state index contributed by atoms with van der Waals surface area (Å²) in [6.07, 6.45) is 9.03. The van der Waals surface area contributed by atoms with Crippen molar-refractivity contribution in [2.75, 3.05) is 13.7 Å². The summed E-state index contributed by atoms with van der Waals surface area (Å²) < 4.78 is 12.1. The fourth-order valence-electron chi connectivity index (χ4n) is 2.83. The Kier molecular flexibility index (Phi) is 6.87. The van der Waals surface area contributed by atoms with Crippen molar-refractivity contribution in [3.63, 3.8) is 0 Å². The zero-order chi connectivity index (χ0) is 14.9. The lowest BCUT2D eigenvalue weighted by atomic mass is 10.1. The Labute approximate surface area is 129 Å². The maximum absolute atomic E-state index is 6.32. The zero-order valence-electron chi connectivity index (χ0n) is 13.5. The Morgan fingerprint density at radius 1 is 1.14 bits per heavy atom. The van der Waals surface area contributed by atoms with Crippen LogP contribution < -0.4 is 14.8 Å². The molecule has 3 heteroatoms. The van der Waals surface area contributed by atoms with Crippen LogP contribution in [0.2, 0.25) is 0 Å². The second kappa shape index (κ2) is 8.93. The van der Waals surface area contributed by atoms with Gasteiger partial charge in [0.25, 0.3) is 0 Å². The third-order valence-corrected chi connectivity index (χ3v) is 3.97. The van der Waals surface area contributed by atoms with Crippen LogP contribution in [0.25, 0.3) is 0 Å². The monoisotopic (exact) mass is 291 g/mol. The van der Waals surface area contributed by atoms with E-state index in [9.17, 15) is 0 Å². The van der Waals surface area contributed by atoms with Gasteiger partial charge in [0.15, 0.2) is 0 Å². The van der Waals surface area contributed by atoms with Crippen molar-refractivity contribution < 1.29 is 9.47 Å². The van der Waals surface area contributed by atoms with Crippen LogP contribution in [0.15, 0.2) is 18.2 Å². The van der Waals surface area contributed by atoms with Gasteiger partial charge in [-0.25, -0.2) is 0 Å². The number of rotatable bonds is 7. The topological polar surface area (TPSA) is 30.5 Å². The van der Waals surface area contributed by atoms with Crippen molar-refractivity contribution in [3.8, 4) is 11.5 Å². The summed E-state index contributed by atoms with van der Waals surface area (Å²) in [5.41, 5.74) is 1.21. The summed E-state index contributed by atoms with van der Waals surface area (Å²) in [4.78, 5) is 0. The Balaban J connectivity index is 2.08. The van der Waals surface area contributed by atoms with Gasteiger partial charge in [-0.3, -0.25) is 0 Å². The number of hydrogen-bond donors (Lipinski definition) is 1. The lowest BCUT2D eigenvalue weighted by molar-refractivity contribution is 0.180. The average Bonchev–Trinajstić information content (AvgIpc) is 2.76. The van der Waals surface area contributed by atoms with Crippen molar-refractivity contribution in [2.45, 2.75) is 64.5 Å². The predicted molar refractivity (Wildman–Crippen MR) is 87.1 cm³/mol. The molecule has 1 aliphatic rings. The highest BCUT2D eigenvalue weighted by atomic mass is 16.5. The van der Waals surface area contributed by atoms with Crippen molar-refractivity contribution in [1.82, 2.24) is 5.32 Å². The molecular formula is C18H29NO2. The largest absolute Gasteiger partial charge is 0.493 e. The summed E-state index contributed by atoms with van der Waals surface area (Å²) in [7, 11) is 1.97. The van der Waals surface area contributed by atoms with E-state index in [-0.39, 0.29) is 0 Å². The zero-order valence-corrected chi connectivity index (χ0v) is 13.5. The number of benzene rings is 1. The van der Waals surface area contributed by atoms with Gasteiger partial charge in [-0.2, -0.15) is 0 Å².